The van der Waals surface area contributed by atoms with Crippen molar-refractivity contribution >= 4 is 65.6 Å². The number of thiophene rings is 1. The predicted molar refractivity (Wildman–Crippen MR) is 530 cm³/mol. The van der Waals surface area contributed by atoms with Crippen LogP contribution >= 0.6 is 11.3 Å². The van der Waals surface area contributed by atoms with Gasteiger partial charge in [-0.1, -0.05) is 353 Å². The summed E-state index contributed by atoms with van der Waals surface area (Å²) in [5.74, 6) is 6.47. The molecule has 0 amide bonds. The zero-order valence-corrected chi connectivity index (χ0v) is 71.7. The molecule has 7 heteroatoms. The summed E-state index contributed by atoms with van der Waals surface area (Å²) in [6.45, 7) is 0. The standard InChI is InChI=1S/C61H39NO2S.C61H47NO2/c1-3-13-40(14-4-1)42-23-27-44(28-24-42)61(52-19-9-7-18-50(52)59-53(61)36-37-56-60(59)64-55-21-11-10-20-54(55)63-56)45-29-33-47(34-30-45)62(46-31-25-43(26-32-46)41-15-5-2-6-16-41)48-35-38-58-51(39-48)49-17-8-12-22-57(49)65-58;1-4-14-42(15-5-1)45-24-30-48(31-25-45)61(54-21-11-10-20-53(54)59-55(61)40-41-58-60(59)64-57-23-13-12-22-56(57)63-58)49-32-38-52(39-33-49)62(50-34-26-46(27-35-50)43-16-6-2-7-17-43)51-36-28-47(29-37-51)44-18-8-3-9-19-44/h1-39H;2-3,6-13,16-42H,1,4-5,14-15H2. The Hall–Kier alpha value is -15.8. The van der Waals surface area contributed by atoms with Crippen LogP contribution in [0.2, 0.25) is 0 Å². The molecule has 1 saturated carbocycles. The SMILES string of the molecule is c1ccc(-c2ccc(N(c3ccc(-c4ccccc4)cc3)c3ccc(C4(c5ccc(C6CCCCC6)cc5)c5ccccc5-c5c4ccc4c5Oc5ccccc5O4)cc3)cc2)cc1.c1ccc(-c2ccc(N(c3ccc(C4(c5ccc(-c6ccccc6)cc5)c5ccccc5-c5c4ccc4c5Oc5ccccc5O4)cc3)c3ccc4sc5ccccc5c4c3)cc2)cc1. The van der Waals surface area contributed by atoms with Crippen LogP contribution in [0.25, 0.3) is 86.9 Å². The normalized spacial score (nSPS) is 15.3. The van der Waals surface area contributed by atoms with E-state index >= 15 is 0 Å². The van der Waals surface area contributed by atoms with Crippen molar-refractivity contribution in [2.45, 2.75) is 48.9 Å². The van der Waals surface area contributed by atoms with Gasteiger partial charge in [0.1, 0.15) is 0 Å². The average Bonchev–Trinajstić information content (AvgIpc) is 1.53. The first-order valence-electron chi connectivity index (χ1n) is 44.8. The van der Waals surface area contributed by atoms with E-state index < -0.39 is 10.8 Å². The van der Waals surface area contributed by atoms with Crippen LogP contribution < -0.4 is 28.7 Å². The maximum Gasteiger partial charge on any atom is 0.178 e. The van der Waals surface area contributed by atoms with E-state index in [0.717, 1.165) is 102 Å². The van der Waals surface area contributed by atoms with Gasteiger partial charge < -0.3 is 28.7 Å². The molecule has 1 fully saturated rings. The highest BCUT2D eigenvalue weighted by molar-refractivity contribution is 7.25. The van der Waals surface area contributed by atoms with Crippen molar-refractivity contribution < 1.29 is 18.9 Å². The Kier molecular flexibility index (Phi) is 19.2. The summed E-state index contributed by atoms with van der Waals surface area (Å²) in [5, 5.41) is 2.54. The average molecular weight is 1680 g/mol. The molecule has 2 unspecified atom stereocenters. The Morgan fingerprint density at radius 2 is 0.535 bits per heavy atom. The van der Waals surface area contributed by atoms with Crippen molar-refractivity contribution in [2.24, 2.45) is 0 Å². The second-order valence-electron chi connectivity index (χ2n) is 34.2. The number of rotatable bonds is 15. The fraction of sp³-hybridized carbons (Fsp3) is 0.0656. The second-order valence-corrected chi connectivity index (χ2v) is 35.3. The summed E-state index contributed by atoms with van der Waals surface area (Å²) in [6.07, 6.45) is 6.50. The highest BCUT2D eigenvalue weighted by Gasteiger charge is 2.51. The molecule has 25 rings (SSSR count). The van der Waals surface area contributed by atoms with Gasteiger partial charge in [-0.25, -0.2) is 0 Å². The van der Waals surface area contributed by atoms with E-state index in [2.05, 4.69) is 416 Å². The van der Waals surface area contributed by atoms with E-state index in [-0.39, 0.29) is 0 Å². The molecule has 2 atom stereocenters. The van der Waals surface area contributed by atoms with Gasteiger partial charge in [-0.15, -0.1) is 11.3 Å². The maximum atomic E-state index is 6.83. The van der Waals surface area contributed by atoms with Gasteiger partial charge in [0.2, 0.25) is 0 Å². The lowest BCUT2D eigenvalue weighted by molar-refractivity contribution is 0.360. The number of anilines is 6. The fourth-order valence-corrected chi connectivity index (χ4v) is 22.1. The molecule has 0 saturated heterocycles. The third-order valence-corrected chi connectivity index (χ3v) is 28.2. The first kappa shape index (κ1) is 76.8. The molecule has 3 aliphatic carbocycles. The van der Waals surface area contributed by atoms with Gasteiger partial charge in [-0.3, -0.25) is 0 Å². The Labute approximate surface area is 755 Å². The number of para-hydroxylation sites is 4. The molecule has 0 N–H and O–H groups in total. The number of fused-ring (bicyclic) bond motifs is 15. The van der Waals surface area contributed by atoms with Gasteiger partial charge in [0.05, 0.1) is 10.8 Å². The fourth-order valence-electron chi connectivity index (χ4n) is 21.0. The van der Waals surface area contributed by atoms with Gasteiger partial charge in [0, 0.05) is 65.4 Å². The van der Waals surface area contributed by atoms with Crippen molar-refractivity contribution in [3.05, 3.63) is 505 Å². The van der Waals surface area contributed by atoms with Gasteiger partial charge in [-0.05, 0) is 246 Å². The van der Waals surface area contributed by atoms with Crippen molar-refractivity contribution in [2.75, 3.05) is 9.80 Å². The summed E-state index contributed by atoms with van der Waals surface area (Å²) in [4.78, 5) is 4.76. The zero-order valence-electron chi connectivity index (χ0n) is 70.8. The summed E-state index contributed by atoms with van der Waals surface area (Å²) < 4.78 is 29.3. The molecule has 614 valence electrons. The van der Waals surface area contributed by atoms with Gasteiger partial charge in [0.25, 0.3) is 0 Å². The predicted octanol–water partition coefficient (Wildman–Crippen LogP) is 33.9. The number of hydrogen-bond donors (Lipinski definition) is 0. The third kappa shape index (κ3) is 13.3. The highest BCUT2D eigenvalue weighted by atomic mass is 32.1. The minimum atomic E-state index is -0.675. The molecule has 6 nitrogen and oxygen atoms in total. The summed E-state index contributed by atoms with van der Waals surface area (Å²) >= 11 is 1.85. The molecule has 20 aromatic rings. The monoisotopic (exact) mass is 1670 g/mol. The van der Waals surface area contributed by atoms with Gasteiger partial charge in [-0.2, -0.15) is 0 Å². The number of nitrogens with zero attached hydrogens (tertiary/aromatic N) is 2. The van der Waals surface area contributed by atoms with E-state index in [1.165, 1.54) is 136 Å². The van der Waals surface area contributed by atoms with E-state index in [4.69, 9.17) is 18.9 Å². The molecule has 5 aliphatic rings. The molecule has 2 aliphatic heterocycles. The summed E-state index contributed by atoms with van der Waals surface area (Å²) in [6, 6.07) is 165. The Bertz CT molecular complexity index is 7510. The van der Waals surface area contributed by atoms with E-state index in [1.54, 1.807) is 0 Å². The molecule has 3 heterocycles. The molecule has 0 radical (unpaired) electrons. The largest absolute Gasteiger partial charge is 0.449 e. The lowest BCUT2D eigenvalue weighted by Crippen LogP contribution is -2.28. The van der Waals surface area contributed by atoms with Crippen LogP contribution in [-0.4, -0.2) is 0 Å². The lowest BCUT2D eigenvalue weighted by atomic mass is 9.67. The lowest BCUT2D eigenvalue weighted by Gasteiger charge is -2.35. The number of hydrogen-bond acceptors (Lipinski definition) is 7. The summed E-state index contributed by atoms with van der Waals surface area (Å²) in [5.41, 5.74) is 30.2. The minimum absolute atomic E-state index is 0.619. The summed E-state index contributed by atoms with van der Waals surface area (Å²) in [7, 11) is 0. The van der Waals surface area contributed by atoms with Crippen LogP contribution in [0.5, 0.6) is 46.0 Å². The third-order valence-electron chi connectivity index (χ3n) is 27.1. The van der Waals surface area contributed by atoms with Crippen LogP contribution in [0.15, 0.2) is 455 Å². The van der Waals surface area contributed by atoms with Crippen molar-refractivity contribution in [3.63, 3.8) is 0 Å². The quantitative estimate of drug-likeness (QED) is 0.102. The molecule has 1 aromatic heterocycles. The minimum Gasteiger partial charge on any atom is -0.449 e. The second kappa shape index (κ2) is 32.3. The zero-order chi connectivity index (χ0) is 85.4. The smallest absolute Gasteiger partial charge is 0.178 e. The molecule has 129 heavy (non-hydrogen) atoms. The van der Waals surface area contributed by atoms with Gasteiger partial charge in [0.15, 0.2) is 46.0 Å². The highest BCUT2D eigenvalue weighted by Crippen LogP contribution is 2.65. The molecular formula is C122H86N2O4S. The van der Waals surface area contributed by atoms with E-state index in [9.17, 15) is 0 Å². The topological polar surface area (TPSA) is 43.4 Å². The van der Waals surface area contributed by atoms with Crippen molar-refractivity contribution in [3.8, 4) is 113 Å². The molecular weight excluding hydrogens is 1590 g/mol. The van der Waals surface area contributed by atoms with E-state index in [0.29, 0.717) is 17.4 Å². The number of benzene rings is 19. The first-order valence-corrected chi connectivity index (χ1v) is 45.6. The van der Waals surface area contributed by atoms with Crippen LogP contribution in [0, 0.1) is 0 Å². The number of ether oxygens (including phenoxy) is 4. The van der Waals surface area contributed by atoms with Gasteiger partial charge >= 0.3 is 0 Å². The first-order chi connectivity index (χ1) is 63.9. The Morgan fingerprint density at radius 3 is 0.953 bits per heavy atom. The van der Waals surface area contributed by atoms with Crippen LogP contribution in [0.1, 0.15) is 88.1 Å². The van der Waals surface area contributed by atoms with Crippen molar-refractivity contribution in [1.29, 1.82) is 0 Å². The van der Waals surface area contributed by atoms with E-state index in [1.807, 2.05) is 59.9 Å². The Morgan fingerprint density at radius 1 is 0.225 bits per heavy atom. The van der Waals surface area contributed by atoms with Crippen LogP contribution in [0.3, 0.4) is 0 Å². The molecule has 0 spiro atoms. The maximum absolute atomic E-state index is 6.83. The van der Waals surface area contributed by atoms with Crippen LogP contribution in [0.4, 0.5) is 34.1 Å². The van der Waals surface area contributed by atoms with Crippen LogP contribution in [-0.2, 0) is 10.8 Å². The Balaban J connectivity index is 0.000000143. The molecule has 19 aromatic carbocycles. The van der Waals surface area contributed by atoms with Crippen molar-refractivity contribution in [1.82, 2.24) is 0 Å². The molecule has 0 bridgehead atoms.